The molecular weight excluding hydrogens is 334 g/mol. The maximum absolute atomic E-state index is 6.09. The first-order valence-electron chi connectivity index (χ1n) is 10.3. The second-order valence-electron chi connectivity index (χ2n) is 6.95. The van der Waals surface area contributed by atoms with E-state index in [9.17, 15) is 0 Å². The number of hydrogen-bond donors (Lipinski definition) is 1. The van der Waals surface area contributed by atoms with Crippen molar-refractivity contribution in [1.29, 1.82) is 0 Å². The van der Waals surface area contributed by atoms with Gasteiger partial charge in [0.2, 0.25) is 0 Å². The third-order valence-corrected chi connectivity index (χ3v) is 4.50. The molecule has 0 fully saturated rings. The Labute approximate surface area is 163 Å². The maximum Gasteiger partial charge on any atom is 0.147 e. The van der Waals surface area contributed by atoms with Gasteiger partial charge in [0, 0.05) is 0 Å². The lowest BCUT2D eigenvalue weighted by molar-refractivity contribution is 0.194. The normalized spacial score (nSPS) is 12.4. The standard InChI is InChI=1S/C23H33N3O/c1-2-3-4-5-6-7-8-12-15-23(24)27-22-18-16-21(17-19-22)26-25-20-13-10-9-11-14-20/h9-11,13-14,16-19,23H,2-8,12,15,24H2,1H3/b26-25+. The second-order valence-corrected chi connectivity index (χ2v) is 6.95. The molecular formula is C23H33N3O. The zero-order chi connectivity index (χ0) is 19.2. The van der Waals surface area contributed by atoms with E-state index in [1.807, 2.05) is 54.6 Å². The highest BCUT2D eigenvalue weighted by atomic mass is 16.5. The quantitative estimate of drug-likeness (QED) is 0.229. The Bertz CT molecular complexity index is 640. The third-order valence-electron chi connectivity index (χ3n) is 4.50. The van der Waals surface area contributed by atoms with Gasteiger partial charge in [0.25, 0.3) is 0 Å². The smallest absolute Gasteiger partial charge is 0.147 e. The first-order chi connectivity index (χ1) is 13.3. The largest absolute Gasteiger partial charge is 0.476 e. The Kier molecular flexibility index (Phi) is 10.2. The van der Waals surface area contributed by atoms with Crippen LogP contribution in [-0.4, -0.2) is 6.23 Å². The fourth-order valence-corrected chi connectivity index (χ4v) is 2.91. The number of rotatable bonds is 13. The molecule has 0 aliphatic carbocycles. The zero-order valence-electron chi connectivity index (χ0n) is 16.5. The van der Waals surface area contributed by atoms with Gasteiger partial charge in [-0.1, -0.05) is 70.1 Å². The van der Waals surface area contributed by atoms with Crippen LogP contribution >= 0.6 is 0 Å². The molecule has 2 aromatic rings. The average Bonchev–Trinajstić information content (AvgIpc) is 2.70. The Morgan fingerprint density at radius 1 is 0.741 bits per heavy atom. The lowest BCUT2D eigenvalue weighted by atomic mass is 10.1. The van der Waals surface area contributed by atoms with Crippen LogP contribution in [0.5, 0.6) is 5.75 Å². The minimum absolute atomic E-state index is 0.248. The Hall–Kier alpha value is -2.20. The lowest BCUT2D eigenvalue weighted by Gasteiger charge is -2.14. The molecule has 0 aliphatic rings. The molecule has 1 atom stereocenters. The van der Waals surface area contributed by atoms with Crippen molar-refractivity contribution in [2.24, 2.45) is 16.0 Å². The highest BCUT2D eigenvalue weighted by Gasteiger charge is 2.04. The Morgan fingerprint density at radius 3 is 1.93 bits per heavy atom. The van der Waals surface area contributed by atoms with Crippen LogP contribution in [0.3, 0.4) is 0 Å². The molecule has 0 saturated heterocycles. The average molecular weight is 368 g/mol. The molecule has 2 aromatic carbocycles. The van der Waals surface area contributed by atoms with E-state index in [0.717, 1.165) is 30.0 Å². The van der Waals surface area contributed by atoms with Crippen LogP contribution < -0.4 is 10.5 Å². The first-order valence-corrected chi connectivity index (χ1v) is 10.3. The number of unbranched alkanes of at least 4 members (excludes halogenated alkanes) is 7. The van der Waals surface area contributed by atoms with Crippen LogP contribution in [0, 0.1) is 0 Å². The topological polar surface area (TPSA) is 60.0 Å². The van der Waals surface area contributed by atoms with Gasteiger partial charge in [-0.2, -0.15) is 10.2 Å². The number of nitrogens with zero attached hydrogens (tertiary/aromatic N) is 2. The van der Waals surface area contributed by atoms with Crippen molar-refractivity contribution < 1.29 is 4.74 Å². The van der Waals surface area contributed by atoms with E-state index in [1.54, 1.807) is 0 Å². The van der Waals surface area contributed by atoms with Crippen molar-refractivity contribution in [2.75, 3.05) is 0 Å². The molecule has 0 spiro atoms. The van der Waals surface area contributed by atoms with E-state index in [-0.39, 0.29) is 6.23 Å². The molecule has 0 bridgehead atoms. The number of nitrogens with two attached hydrogens (primary N) is 1. The van der Waals surface area contributed by atoms with Gasteiger partial charge in [-0.05, 0) is 49.2 Å². The molecule has 4 heteroatoms. The van der Waals surface area contributed by atoms with Crippen molar-refractivity contribution in [3.05, 3.63) is 54.6 Å². The number of benzene rings is 2. The molecule has 4 nitrogen and oxygen atoms in total. The molecule has 27 heavy (non-hydrogen) atoms. The molecule has 0 radical (unpaired) electrons. The fourth-order valence-electron chi connectivity index (χ4n) is 2.91. The summed E-state index contributed by atoms with van der Waals surface area (Å²) in [6, 6.07) is 17.3. The maximum atomic E-state index is 6.09. The van der Waals surface area contributed by atoms with E-state index >= 15 is 0 Å². The van der Waals surface area contributed by atoms with Gasteiger partial charge in [-0.25, -0.2) is 0 Å². The van der Waals surface area contributed by atoms with Gasteiger partial charge in [-0.3, -0.25) is 5.73 Å². The van der Waals surface area contributed by atoms with Crippen LogP contribution in [0.15, 0.2) is 64.8 Å². The van der Waals surface area contributed by atoms with E-state index < -0.39 is 0 Å². The highest BCUT2D eigenvalue weighted by Crippen LogP contribution is 2.22. The Morgan fingerprint density at radius 2 is 1.30 bits per heavy atom. The molecule has 0 aliphatic heterocycles. The van der Waals surface area contributed by atoms with Gasteiger partial charge < -0.3 is 4.74 Å². The fraction of sp³-hybridized carbons (Fsp3) is 0.478. The van der Waals surface area contributed by atoms with Gasteiger partial charge in [0.1, 0.15) is 12.0 Å². The summed E-state index contributed by atoms with van der Waals surface area (Å²) in [6.45, 7) is 2.25. The van der Waals surface area contributed by atoms with E-state index in [1.165, 1.54) is 44.9 Å². The van der Waals surface area contributed by atoms with Gasteiger partial charge in [0.15, 0.2) is 0 Å². The van der Waals surface area contributed by atoms with Crippen molar-refractivity contribution in [3.63, 3.8) is 0 Å². The van der Waals surface area contributed by atoms with Crippen molar-refractivity contribution in [1.82, 2.24) is 0 Å². The molecule has 0 saturated carbocycles. The van der Waals surface area contributed by atoms with Gasteiger partial charge in [0.05, 0.1) is 11.4 Å². The number of azo groups is 1. The molecule has 0 aromatic heterocycles. The van der Waals surface area contributed by atoms with E-state index in [4.69, 9.17) is 10.5 Å². The molecule has 0 amide bonds. The van der Waals surface area contributed by atoms with E-state index in [0.29, 0.717) is 0 Å². The van der Waals surface area contributed by atoms with Crippen molar-refractivity contribution in [2.45, 2.75) is 70.9 Å². The van der Waals surface area contributed by atoms with Gasteiger partial charge >= 0.3 is 0 Å². The molecule has 0 heterocycles. The molecule has 1 unspecified atom stereocenters. The van der Waals surface area contributed by atoms with Crippen LogP contribution in [0.25, 0.3) is 0 Å². The second kappa shape index (κ2) is 13.0. The summed E-state index contributed by atoms with van der Waals surface area (Å²) in [5.74, 6) is 0.778. The van der Waals surface area contributed by atoms with Crippen LogP contribution in [0.2, 0.25) is 0 Å². The summed E-state index contributed by atoms with van der Waals surface area (Å²) >= 11 is 0. The van der Waals surface area contributed by atoms with Crippen LogP contribution in [-0.2, 0) is 0 Å². The number of hydrogen-bond acceptors (Lipinski definition) is 4. The first kappa shape index (κ1) is 21.1. The SMILES string of the molecule is CCCCCCCCCCC(N)Oc1ccc(/N=N/c2ccccc2)cc1. The van der Waals surface area contributed by atoms with Crippen LogP contribution in [0.1, 0.15) is 64.7 Å². The van der Waals surface area contributed by atoms with Gasteiger partial charge in [-0.15, -0.1) is 0 Å². The number of ether oxygens (including phenoxy) is 1. The summed E-state index contributed by atoms with van der Waals surface area (Å²) in [6.07, 6.45) is 11.1. The summed E-state index contributed by atoms with van der Waals surface area (Å²) < 4.78 is 5.80. The lowest BCUT2D eigenvalue weighted by Crippen LogP contribution is -2.26. The van der Waals surface area contributed by atoms with Crippen molar-refractivity contribution in [3.8, 4) is 5.75 Å². The third kappa shape index (κ3) is 9.34. The molecule has 2 N–H and O–H groups in total. The van der Waals surface area contributed by atoms with Crippen LogP contribution in [0.4, 0.5) is 11.4 Å². The minimum atomic E-state index is -0.248. The Balaban J connectivity index is 1.63. The predicted molar refractivity (Wildman–Crippen MR) is 113 cm³/mol. The van der Waals surface area contributed by atoms with Crippen molar-refractivity contribution >= 4 is 11.4 Å². The zero-order valence-corrected chi connectivity index (χ0v) is 16.5. The highest BCUT2D eigenvalue weighted by molar-refractivity contribution is 5.42. The predicted octanol–water partition coefficient (Wildman–Crippen LogP) is 7.30. The summed E-state index contributed by atoms with van der Waals surface area (Å²) in [5, 5.41) is 8.44. The summed E-state index contributed by atoms with van der Waals surface area (Å²) in [7, 11) is 0. The molecule has 146 valence electrons. The van der Waals surface area contributed by atoms with E-state index in [2.05, 4.69) is 17.2 Å². The summed E-state index contributed by atoms with van der Waals surface area (Å²) in [4.78, 5) is 0. The monoisotopic (exact) mass is 367 g/mol. The minimum Gasteiger partial charge on any atom is -0.476 e. The molecule has 2 rings (SSSR count). The summed E-state index contributed by atoms with van der Waals surface area (Å²) in [5.41, 5.74) is 7.73.